The van der Waals surface area contributed by atoms with Crippen molar-refractivity contribution in [1.82, 2.24) is 9.36 Å². The Hall–Kier alpha value is -1.62. The van der Waals surface area contributed by atoms with Crippen LogP contribution in [0.2, 0.25) is 0 Å². The summed E-state index contributed by atoms with van der Waals surface area (Å²) in [6.45, 7) is 10.7. The summed E-state index contributed by atoms with van der Waals surface area (Å²) in [7, 11) is 0. The molecule has 2 heterocycles. The lowest BCUT2D eigenvalue weighted by atomic mass is 9.96. The molecular formula is C18H26N4S. The van der Waals surface area contributed by atoms with Crippen LogP contribution in [0.5, 0.6) is 0 Å². The molecule has 1 N–H and O–H groups in total. The number of anilines is 2. The lowest BCUT2D eigenvalue weighted by Gasteiger charge is -2.32. The Morgan fingerprint density at radius 2 is 1.96 bits per heavy atom. The van der Waals surface area contributed by atoms with Crippen LogP contribution in [-0.4, -0.2) is 28.5 Å². The number of piperidine rings is 1. The van der Waals surface area contributed by atoms with Crippen LogP contribution in [-0.2, 0) is 5.41 Å². The SMILES string of the molecule is Cc1cccc(NC2CCN(c3nc(C(C)(C)C)ns3)CC2)c1. The predicted molar refractivity (Wildman–Crippen MR) is 98.6 cm³/mol. The van der Waals surface area contributed by atoms with Gasteiger partial charge in [0.05, 0.1) is 0 Å². The largest absolute Gasteiger partial charge is 0.382 e. The quantitative estimate of drug-likeness (QED) is 0.914. The minimum atomic E-state index is 0.0276. The van der Waals surface area contributed by atoms with E-state index >= 15 is 0 Å². The number of nitrogens with one attached hydrogen (secondary N) is 1. The van der Waals surface area contributed by atoms with E-state index in [2.05, 4.69) is 66.6 Å². The average molecular weight is 331 g/mol. The van der Waals surface area contributed by atoms with Gasteiger partial charge in [0.25, 0.3) is 0 Å². The predicted octanol–water partition coefficient (Wildman–Crippen LogP) is 4.22. The van der Waals surface area contributed by atoms with Crippen LogP contribution < -0.4 is 10.2 Å². The lowest BCUT2D eigenvalue weighted by molar-refractivity contribution is 0.521. The van der Waals surface area contributed by atoms with Crippen molar-refractivity contribution >= 4 is 22.4 Å². The molecule has 0 bridgehead atoms. The van der Waals surface area contributed by atoms with Gasteiger partial charge in [0.2, 0.25) is 5.13 Å². The molecule has 4 nitrogen and oxygen atoms in total. The van der Waals surface area contributed by atoms with Gasteiger partial charge < -0.3 is 10.2 Å². The Morgan fingerprint density at radius 1 is 1.22 bits per heavy atom. The Kier molecular flexibility index (Phi) is 4.57. The van der Waals surface area contributed by atoms with Crippen molar-refractivity contribution in [2.24, 2.45) is 0 Å². The Morgan fingerprint density at radius 3 is 2.57 bits per heavy atom. The van der Waals surface area contributed by atoms with Gasteiger partial charge in [-0.1, -0.05) is 32.9 Å². The molecule has 0 atom stereocenters. The standard InChI is InChI=1S/C18H26N4S/c1-13-6-5-7-15(12-13)19-14-8-10-22(11-9-14)17-20-16(21-23-17)18(2,3)4/h5-7,12,14,19H,8-11H2,1-4H3. The number of benzene rings is 1. The molecule has 1 fully saturated rings. The van der Waals surface area contributed by atoms with Crippen molar-refractivity contribution in [3.8, 4) is 0 Å². The fraction of sp³-hybridized carbons (Fsp3) is 0.556. The normalized spacial score (nSPS) is 16.6. The van der Waals surface area contributed by atoms with Gasteiger partial charge in [-0.15, -0.1) is 0 Å². The van der Waals surface area contributed by atoms with E-state index in [1.165, 1.54) is 22.8 Å². The summed E-state index contributed by atoms with van der Waals surface area (Å²) in [6, 6.07) is 9.16. The summed E-state index contributed by atoms with van der Waals surface area (Å²) in [5.41, 5.74) is 2.56. The molecule has 5 heteroatoms. The van der Waals surface area contributed by atoms with E-state index in [9.17, 15) is 0 Å². The van der Waals surface area contributed by atoms with Crippen LogP contribution in [0, 0.1) is 6.92 Å². The number of hydrogen-bond donors (Lipinski definition) is 1. The maximum atomic E-state index is 4.74. The zero-order valence-corrected chi connectivity index (χ0v) is 15.3. The van der Waals surface area contributed by atoms with E-state index in [-0.39, 0.29) is 5.41 Å². The highest BCUT2D eigenvalue weighted by Crippen LogP contribution is 2.28. The molecular weight excluding hydrogens is 304 g/mol. The van der Waals surface area contributed by atoms with E-state index in [4.69, 9.17) is 4.98 Å². The molecule has 1 aliphatic heterocycles. The number of aromatic nitrogens is 2. The first-order valence-corrected chi connectivity index (χ1v) is 9.11. The van der Waals surface area contributed by atoms with E-state index in [0.29, 0.717) is 6.04 Å². The third kappa shape index (κ3) is 4.02. The Bertz CT molecular complexity index is 651. The molecule has 0 amide bonds. The zero-order valence-electron chi connectivity index (χ0n) is 14.5. The summed E-state index contributed by atoms with van der Waals surface area (Å²) in [6.07, 6.45) is 2.27. The number of nitrogens with zero attached hydrogens (tertiary/aromatic N) is 3. The highest BCUT2D eigenvalue weighted by atomic mass is 32.1. The van der Waals surface area contributed by atoms with Crippen LogP contribution in [0.15, 0.2) is 24.3 Å². The minimum Gasteiger partial charge on any atom is -0.382 e. The Balaban J connectivity index is 1.57. The maximum Gasteiger partial charge on any atom is 0.205 e. The van der Waals surface area contributed by atoms with Crippen LogP contribution >= 0.6 is 11.5 Å². The topological polar surface area (TPSA) is 41.0 Å². The van der Waals surface area contributed by atoms with Gasteiger partial charge in [-0.3, -0.25) is 0 Å². The molecule has 1 aromatic carbocycles. The molecule has 124 valence electrons. The van der Waals surface area contributed by atoms with Crippen molar-refractivity contribution in [2.75, 3.05) is 23.3 Å². The summed E-state index contributed by atoms with van der Waals surface area (Å²) < 4.78 is 4.53. The van der Waals surface area contributed by atoms with Crippen LogP contribution in [0.3, 0.4) is 0 Å². The monoisotopic (exact) mass is 330 g/mol. The summed E-state index contributed by atoms with van der Waals surface area (Å²) >= 11 is 1.53. The molecule has 0 unspecified atom stereocenters. The molecule has 0 radical (unpaired) electrons. The van der Waals surface area contributed by atoms with E-state index in [0.717, 1.165) is 36.9 Å². The highest BCUT2D eigenvalue weighted by Gasteiger charge is 2.24. The molecule has 2 aromatic rings. The highest BCUT2D eigenvalue weighted by molar-refractivity contribution is 7.09. The number of hydrogen-bond acceptors (Lipinski definition) is 5. The molecule has 1 aromatic heterocycles. The molecule has 3 rings (SSSR count). The molecule has 1 saturated heterocycles. The van der Waals surface area contributed by atoms with Gasteiger partial charge in [0, 0.05) is 41.8 Å². The second kappa shape index (κ2) is 6.48. The van der Waals surface area contributed by atoms with Crippen molar-refractivity contribution in [3.05, 3.63) is 35.7 Å². The fourth-order valence-electron chi connectivity index (χ4n) is 2.83. The van der Waals surface area contributed by atoms with Gasteiger partial charge in [-0.05, 0) is 37.5 Å². The number of rotatable bonds is 3. The third-order valence-corrected chi connectivity index (χ3v) is 5.02. The summed E-state index contributed by atoms with van der Waals surface area (Å²) in [5.74, 6) is 0.956. The van der Waals surface area contributed by atoms with Crippen LogP contribution in [0.1, 0.15) is 45.0 Å². The van der Waals surface area contributed by atoms with Crippen molar-refractivity contribution in [1.29, 1.82) is 0 Å². The summed E-state index contributed by atoms with van der Waals surface area (Å²) in [4.78, 5) is 7.12. The van der Waals surface area contributed by atoms with Gasteiger partial charge >= 0.3 is 0 Å². The Labute approximate surface area is 143 Å². The zero-order chi connectivity index (χ0) is 16.4. The van der Waals surface area contributed by atoms with E-state index < -0.39 is 0 Å². The first kappa shape index (κ1) is 16.2. The van der Waals surface area contributed by atoms with Crippen LogP contribution in [0.4, 0.5) is 10.8 Å². The fourth-order valence-corrected chi connectivity index (χ4v) is 3.74. The van der Waals surface area contributed by atoms with E-state index in [1.54, 1.807) is 0 Å². The average Bonchev–Trinajstić information content (AvgIpc) is 2.98. The molecule has 0 aliphatic carbocycles. The van der Waals surface area contributed by atoms with Crippen molar-refractivity contribution in [3.63, 3.8) is 0 Å². The molecule has 0 spiro atoms. The summed E-state index contributed by atoms with van der Waals surface area (Å²) in [5, 5.41) is 4.74. The molecule has 1 aliphatic rings. The second-order valence-corrected chi connectivity index (χ2v) is 8.16. The van der Waals surface area contributed by atoms with Gasteiger partial charge in [-0.2, -0.15) is 4.37 Å². The number of aryl methyl sites for hydroxylation is 1. The van der Waals surface area contributed by atoms with Crippen molar-refractivity contribution < 1.29 is 0 Å². The van der Waals surface area contributed by atoms with Crippen LogP contribution in [0.25, 0.3) is 0 Å². The smallest absolute Gasteiger partial charge is 0.205 e. The van der Waals surface area contributed by atoms with Gasteiger partial charge in [0.1, 0.15) is 5.82 Å². The third-order valence-electron chi connectivity index (χ3n) is 4.24. The van der Waals surface area contributed by atoms with Gasteiger partial charge in [0.15, 0.2) is 0 Å². The lowest BCUT2D eigenvalue weighted by Crippen LogP contribution is -2.39. The first-order chi connectivity index (χ1) is 10.9. The molecule has 23 heavy (non-hydrogen) atoms. The van der Waals surface area contributed by atoms with Crippen molar-refractivity contribution in [2.45, 2.75) is 52.0 Å². The van der Waals surface area contributed by atoms with Gasteiger partial charge in [-0.25, -0.2) is 4.98 Å². The molecule has 0 saturated carbocycles. The second-order valence-electron chi connectivity index (χ2n) is 7.43. The van der Waals surface area contributed by atoms with E-state index in [1.807, 2.05) is 0 Å². The maximum absolute atomic E-state index is 4.74. The first-order valence-electron chi connectivity index (χ1n) is 8.34. The minimum absolute atomic E-state index is 0.0276.